The van der Waals surface area contributed by atoms with Crippen molar-refractivity contribution in [1.29, 1.82) is 0 Å². The highest BCUT2D eigenvalue weighted by molar-refractivity contribution is 9.11. The molecule has 0 aromatic heterocycles. The van der Waals surface area contributed by atoms with Crippen LogP contribution < -0.4 is 5.32 Å². The molecule has 2 rings (SSSR count). The van der Waals surface area contributed by atoms with Crippen molar-refractivity contribution >= 4 is 55.1 Å². The maximum atomic E-state index is 13.5. The van der Waals surface area contributed by atoms with E-state index in [0.29, 0.717) is 10.6 Å². The number of amides is 1. The van der Waals surface area contributed by atoms with Gasteiger partial charge >= 0.3 is 0 Å². The third kappa shape index (κ3) is 3.78. The zero-order valence-corrected chi connectivity index (χ0v) is 13.3. The number of anilines is 1. The predicted molar refractivity (Wildman–Crippen MR) is 81.2 cm³/mol. The summed E-state index contributed by atoms with van der Waals surface area (Å²) >= 11 is 12.3. The molecule has 0 saturated heterocycles. The molecule has 6 heteroatoms. The zero-order valence-electron chi connectivity index (χ0n) is 9.38. The lowest BCUT2D eigenvalue weighted by molar-refractivity contribution is 0.102. The van der Waals surface area contributed by atoms with Crippen LogP contribution in [-0.2, 0) is 0 Å². The Bertz CT molecular complexity index is 628. The van der Waals surface area contributed by atoms with E-state index >= 15 is 0 Å². The summed E-state index contributed by atoms with van der Waals surface area (Å²) in [6, 6.07) is 9.07. The van der Waals surface area contributed by atoms with E-state index in [4.69, 9.17) is 11.6 Å². The fourth-order valence-electron chi connectivity index (χ4n) is 1.47. The summed E-state index contributed by atoms with van der Waals surface area (Å²) in [6.07, 6.45) is 0. The van der Waals surface area contributed by atoms with Crippen molar-refractivity contribution < 1.29 is 9.18 Å². The number of rotatable bonds is 2. The first-order valence-corrected chi connectivity index (χ1v) is 7.14. The summed E-state index contributed by atoms with van der Waals surface area (Å²) in [5, 5.41) is 2.84. The molecule has 0 spiro atoms. The first kappa shape index (κ1) is 14.5. The number of hydrogen-bond acceptors (Lipinski definition) is 1. The number of carbonyl (C=O) groups excluding carboxylic acids is 1. The molecular formula is C13H7Br2ClFNO. The van der Waals surface area contributed by atoms with Crippen molar-refractivity contribution in [3.05, 3.63) is 61.7 Å². The Morgan fingerprint density at radius 2 is 1.74 bits per heavy atom. The summed E-state index contributed by atoms with van der Waals surface area (Å²) in [6.45, 7) is 0. The number of nitrogens with one attached hydrogen (secondary N) is 1. The van der Waals surface area contributed by atoms with Gasteiger partial charge in [0.1, 0.15) is 5.82 Å². The van der Waals surface area contributed by atoms with Gasteiger partial charge in [0.25, 0.3) is 5.91 Å². The average Bonchev–Trinajstić information content (AvgIpc) is 2.32. The Morgan fingerprint density at radius 1 is 1.11 bits per heavy atom. The molecule has 1 N–H and O–H groups in total. The molecule has 0 aliphatic heterocycles. The summed E-state index contributed by atoms with van der Waals surface area (Å²) in [5.41, 5.74) is 0.453. The lowest BCUT2D eigenvalue weighted by Crippen LogP contribution is -2.13. The van der Waals surface area contributed by atoms with Gasteiger partial charge in [-0.25, -0.2) is 4.39 Å². The molecular weight excluding hydrogens is 400 g/mol. The monoisotopic (exact) mass is 405 g/mol. The zero-order chi connectivity index (χ0) is 14.0. The predicted octanol–water partition coefficient (Wildman–Crippen LogP) is 5.26. The van der Waals surface area contributed by atoms with E-state index in [0.717, 1.165) is 8.95 Å². The van der Waals surface area contributed by atoms with Gasteiger partial charge < -0.3 is 5.32 Å². The highest BCUT2D eigenvalue weighted by Gasteiger charge is 2.11. The smallest absolute Gasteiger partial charge is 0.255 e. The fourth-order valence-corrected chi connectivity index (χ4v) is 2.94. The summed E-state index contributed by atoms with van der Waals surface area (Å²) < 4.78 is 15.0. The van der Waals surface area contributed by atoms with E-state index in [2.05, 4.69) is 37.2 Å². The van der Waals surface area contributed by atoms with Gasteiger partial charge in [0.05, 0.1) is 5.69 Å². The Balaban J connectivity index is 2.28. The summed E-state index contributed by atoms with van der Waals surface area (Å²) in [5.74, 6) is -0.949. The maximum Gasteiger partial charge on any atom is 0.255 e. The van der Waals surface area contributed by atoms with Crippen LogP contribution in [0, 0.1) is 5.82 Å². The summed E-state index contributed by atoms with van der Waals surface area (Å²) in [4.78, 5) is 12.0. The third-order valence-corrected chi connectivity index (χ3v) is 3.45. The van der Waals surface area contributed by atoms with Crippen molar-refractivity contribution in [2.24, 2.45) is 0 Å². The lowest BCUT2D eigenvalue weighted by Gasteiger charge is -2.07. The Labute approximate surface area is 131 Å². The van der Waals surface area contributed by atoms with Crippen molar-refractivity contribution in [1.82, 2.24) is 0 Å². The highest BCUT2D eigenvalue weighted by Crippen LogP contribution is 2.23. The Morgan fingerprint density at radius 3 is 2.37 bits per heavy atom. The molecule has 0 fully saturated rings. The van der Waals surface area contributed by atoms with Gasteiger partial charge in [-0.2, -0.15) is 0 Å². The van der Waals surface area contributed by atoms with Gasteiger partial charge in [0.2, 0.25) is 0 Å². The molecule has 98 valence electrons. The second kappa shape index (κ2) is 6.03. The van der Waals surface area contributed by atoms with Gasteiger partial charge in [0, 0.05) is 19.5 Å². The minimum atomic E-state index is -0.535. The minimum Gasteiger partial charge on any atom is -0.319 e. The molecule has 0 bridgehead atoms. The number of carbonyl (C=O) groups is 1. The molecule has 2 aromatic rings. The minimum absolute atomic E-state index is 0.0496. The first-order chi connectivity index (χ1) is 8.95. The largest absolute Gasteiger partial charge is 0.319 e. The number of benzene rings is 2. The highest BCUT2D eigenvalue weighted by atomic mass is 79.9. The standard InChI is InChI=1S/C13H7Br2ClFNO/c14-8-3-7(4-9(15)5-8)13(19)18-12-6-10(16)1-2-11(12)17/h1-6H,(H,18,19). The van der Waals surface area contributed by atoms with Crippen molar-refractivity contribution in [3.8, 4) is 0 Å². The third-order valence-electron chi connectivity index (χ3n) is 2.30. The number of halogens is 4. The van der Waals surface area contributed by atoms with Gasteiger partial charge in [-0.05, 0) is 36.4 Å². The second-order valence-corrected chi connectivity index (χ2v) is 6.00. The molecule has 0 radical (unpaired) electrons. The van der Waals surface area contributed by atoms with Crippen LogP contribution in [-0.4, -0.2) is 5.91 Å². The van der Waals surface area contributed by atoms with E-state index in [9.17, 15) is 9.18 Å². The van der Waals surface area contributed by atoms with E-state index < -0.39 is 11.7 Å². The van der Waals surface area contributed by atoms with Crippen LogP contribution in [0.15, 0.2) is 45.3 Å². The van der Waals surface area contributed by atoms with Gasteiger partial charge in [-0.1, -0.05) is 43.5 Å². The Kier molecular flexibility index (Phi) is 4.60. The molecule has 0 heterocycles. The first-order valence-electron chi connectivity index (χ1n) is 5.18. The quantitative estimate of drug-likeness (QED) is 0.723. The van der Waals surface area contributed by atoms with Crippen LogP contribution in [0.4, 0.5) is 10.1 Å². The topological polar surface area (TPSA) is 29.1 Å². The SMILES string of the molecule is O=C(Nc1cc(Cl)ccc1F)c1cc(Br)cc(Br)c1. The van der Waals surface area contributed by atoms with Crippen molar-refractivity contribution in [2.75, 3.05) is 5.32 Å². The van der Waals surface area contributed by atoms with Crippen LogP contribution in [0.2, 0.25) is 5.02 Å². The maximum absolute atomic E-state index is 13.5. The van der Waals surface area contributed by atoms with Crippen LogP contribution in [0.25, 0.3) is 0 Å². The average molecular weight is 407 g/mol. The molecule has 0 saturated carbocycles. The van der Waals surface area contributed by atoms with E-state index in [1.165, 1.54) is 18.2 Å². The van der Waals surface area contributed by atoms with Crippen LogP contribution in [0.1, 0.15) is 10.4 Å². The van der Waals surface area contributed by atoms with Gasteiger partial charge in [-0.3, -0.25) is 4.79 Å². The fraction of sp³-hybridized carbons (Fsp3) is 0. The molecule has 2 nitrogen and oxygen atoms in total. The van der Waals surface area contributed by atoms with E-state index in [1.54, 1.807) is 18.2 Å². The van der Waals surface area contributed by atoms with Gasteiger partial charge in [-0.15, -0.1) is 0 Å². The molecule has 0 unspecified atom stereocenters. The van der Waals surface area contributed by atoms with Gasteiger partial charge in [0.15, 0.2) is 0 Å². The van der Waals surface area contributed by atoms with E-state index in [-0.39, 0.29) is 5.69 Å². The molecule has 19 heavy (non-hydrogen) atoms. The normalized spacial score (nSPS) is 10.3. The molecule has 1 amide bonds. The Hall–Kier alpha value is -0.910. The van der Waals surface area contributed by atoms with Crippen LogP contribution in [0.3, 0.4) is 0 Å². The van der Waals surface area contributed by atoms with Crippen LogP contribution in [0.5, 0.6) is 0 Å². The molecule has 0 aliphatic carbocycles. The molecule has 0 aliphatic rings. The molecule has 2 aromatic carbocycles. The van der Waals surface area contributed by atoms with Crippen molar-refractivity contribution in [2.45, 2.75) is 0 Å². The lowest BCUT2D eigenvalue weighted by atomic mass is 10.2. The molecule has 0 atom stereocenters. The van der Waals surface area contributed by atoms with Crippen molar-refractivity contribution in [3.63, 3.8) is 0 Å². The number of hydrogen-bond donors (Lipinski definition) is 1. The second-order valence-electron chi connectivity index (χ2n) is 3.74. The summed E-state index contributed by atoms with van der Waals surface area (Å²) in [7, 11) is 0. The van der Waals surface area contributed by atoms with Crippen LogP contribution >= 0.6 is 43.5 Å². The van der Waals surface area contributed by atoms with E-state index in [1.807, 2.05) is 0 Å².